The number of hydrogen-bond acceptors (Lipinski definition) is 3. The summed E-state index contributed by atoms with van der Waals surface area (Å²) in [5.74, 6) is -0.265. The predicted molar refractivity (Wildman–Crippen MR) is 88.9 cm³/mol. The number of nitrogens with one attached hydrogen (secondary N) is 1. The van der Waals surface area contributed by atoms with Gasteiger partial charge in [0, 0.05) is 13.1 Å². The predicted octanol–water partition coefficient (Wildman–Crippen LogP) is 3.99. The van der Waals surface area contributed by atoms with E-state index in [1.165, 1.54) is 25.0 Å². The molecule has 120 valence electrons. The second kappa shape index (κ2) is 6.74. The van der Waals surface area contributed by atoms with Crippen LogP contribution >= 0.6 is 11.6 Å². The van der Waals surface area contributed by atoms with Crippen LogP contribution in [0.2, 0.25) is 0 Å². The van der Waals surface area contributed by atoms with Crippen molar-refractivity contribution in [2.45, 2.75) is 31.3 Å². The largest absolute Gasteiger partial charge is 0.350 e. The van der Waals surface area contributed by atoms with Crippen LogP contribution in [0.4, 0.5) is 4.39 Å². The van der Waals surface area contributed by atoms with Gasteiger partial charge in [-0.15, -0.1) is 0 Å². The van der Waals surface area contributed by atoms with Gasteiger partial charge in [0.2, 0.25) is 0 Å². The summed E-state index contributed by atoms with van der Waals surface area (Å²) >= 11 is 6.30. The van der Waals surface area contributed by atoms with Gasteiger partial charge in [-0.1, -0.05) is 36.6 Å². The van der Waals surface area contributed by atoms with Gasteiger partial charge >= 0.3 is 0 Å². The average Bonchev–Trinajstić information content (AvgIpc) is 2.85. The molecule has 3 rings (SSSR count). The zero-order chi connectivity index (χ0) is 16.3. The Morgan fingerprint density at radius 2 is 1.78 bits per heavy atom. The molecule has 3 nitrogen and oxygen atoms in total. The molecule has 1 fully saturated rings. The summed E-state index contributed by atoms with van der Waals surface area (Å²) in [5.41, 5.74) is 0.710. The van der Waals surface area contributed by atoms with Crippen molar-refractivity contribution in [3.63, 3.8) is 0 Å². The SMILES string of the molecule is N#CC1=C(Cl)NC(c2ccc(F)cc2)(N2CCCCCC2)C=C1. The van der Waals surface area contributed by atoms with Gasteiger partial charge in [0.25, 0.3) is 0 Å². The number of nitrogens with zero attached hydrogens (tertiary/aromatic N) is 2. The fraction of sp³-hybridized carbons (Fsp3) is 0.389. The van der Waals surface area contributed by atoms with E-state index >= 15 is 0 Å². The van der Waals surface area contributed by atoms with Crippen molar-refractivity contribution in [1.82, 2.24) is 10.2 Å². The normalized spacial score (nSPS) is 25.6. The third-order valence-corrected chi connectivity index (χ3v) is 4.84. The van der Waals surface area contributed by atoms with E-state index in [2.05, 4.69) is 16.3 Å². The molecule has 5 heteroatoms. The molecule has 0 bridgehead atoms. The van der Waals surface area contributed by atoms with Crippen molar-refractivity contribution in [3.05, 3.63) is 58.5 Å². The highest BCUT2D eigenvalue weighted by Crippen LogP contribution is 2.35. The molecule has 0 radical (unpaired) electrons. The van der Waals surface area contributed by atoms with Gasteiger partial charge in [-0.3, -0.25) is 4.90 Å². The van der Waals surface area contributed by atoms with E-state index in [-0.39, 0.29) is 5.82 Å². The molecule has 2 aliphatic rings. The van der Waals surface area contributed by atoms with Crippen molar-refractivity contribution in [1.29, 1.82) is 5.26 Å². The maximum Gasteiger partial charge on any atom is 0.138 e. The van der Waals surface area contributed by atoms with Crippen molar-refractivity contribution in [2.75, 3.05) is 13.1 Å². The second-order valence-electron chi connectivity index (χ2n) is 5.97. The molecule has 0 amide bonds. The Kier molecular flexibility index (Phi) is 4.70. The molecule has 0 spiro atoms. The molecule has 1 aromatic carbocycles. The summed E-state index contributed by atoms with van der Waals surface area (Å²) < 4.78 is 13.3. The summed E-state index contributed by atoms with van der Waals surface area (Å²) in [5, 5.41) is 12.8. The number of allylic oxidation sites excluding steroid dienone is 2. The summed E-state index contributed by atoms with van der Waals surface area (Å²) in [6, 6.07) is 8.56. The number of hydrogen-bond donors (Lipinski definition) is 1. The van der Waals surface area contributed by atoms with Gasteiger partial charge in [0.1, 0.15) is 22.7 Å². The van der Waals surface area contributed by atoms with Crippen molar-refractivity contribution >= 4 is 11.6 Å². The maximum absolute atomic E-state index is 13.3. The van der Waals surface area contributed by atoms with Crippen LogP contribution in [-0.4, -0.2) is 18.0 Å². The minimum absolute atomic E-state index is 0.265. The molecule has 2 heterocycles. The van der Waals surface area contributed by atoms with E-state index in [9.17, 15) is 4.39 Å². The molecule has 1 unspecified atom stereocenters. The smallest absolute Gasteiger partial charge is 0.138 e. The van der Waals surface area contributed by atoms with Gasteiger partial charge in [-0.25, -0.2) is 4.39 Å². The maximum atomic E-state index is 13.3. The number of benzene rings is 1. The summed E-state index contributed by atoms with van der Waals surface area (Å²) in [6.45, 7) is 1.86. The van der Waals surface area contributed by atoms with E-state index in [0.717, 1.165) is 31.5 Å². The Morgan fingerprint density at radius 3 is 2.35 bits per heavy atom. The van der Waals surface area contributed by atoms with Crippen LogP contribution in [0, 0.1) is 17.1 Å². The van der Waals surface area contributed by atoms with Gasteiger partial charge in [-0.2, -0.15) is 5.26 Å². The monoisotopic (exact) mass is 331 g/mol. The molecular formula is C18H19ClFN3. The molecule has 0 aliphatic carbocycles. The molecule has 1 saturated heterocycles. The first kappa shape index (κ1) is 16.0. The molecule has 1 atom stereocenters. The number of rotatable bonds is 2. The zero-order valence-electron chi connectivity index (χ0n) is 12.9. The Bertz CT molecular complexity index is 667. The van der Waals surface area contributed by atoms with Gasteiger partial charge in [0.15, 0.2) is 0 Å². The van der Waals surface area contributed by atoms with Crippen molar-refractivity contribution in [2.24, 2.45) is 0 Å². The third-order valence-electron chi connectivity index (χ3n) is 4.54. The highest BCUT2D eigenvalue weighted by molar-refractivity contribution is 6.30. The molecule has 0 aromatic heterocycles. The highest BCUT2D eigenvalue weighted by atomic mass is 35.5. The Morgan fingerprint density at radius 1 is 1.13 bits per heavy atom. The quantitative estimate of drug-likeness (QED) is 0.833. The summed E-state index contributed by atoms with van der Waals surface area (Å²) in [4.78, 5) is 2.33. The lowest BCUT2D eigenvalue weighted by Crippen LogP contribution is -2.55. The van der Waals surface area contributed by atoms with Crippen LogP contribution < -0.4 is 5.32 Å². The van der Waals surface area contributed by atoms with Crippen molar-refractivity contribution < 1.29 is 4.39 Å². The third kappa shape index (κ3) is 3.12. The number of halogens is 2. The number of likely N-dealkylation sites (tertiary alicyclic amines) is 1. The number of dihydropyridines is 1. The first-order chi connectivity index (χ1) is 11.2. The topological polar surface area (TPSA) is 39.1 Å². The lowest BCUT2D eigenvalue weighted by Gasteiger charge is -2.44. The van der Waals surface area contributed by atoms with Gasteiger partial charge in [0.05, 0.1) is 5.57 Å². The summed E-state index contributed by atoms with van der Waals surface area (Å²) in [6.07, 6.45) is 8.39. The average molecular weight is 332 g/mol. The Labute approximate surface area is 141 Å². The molecule has 0 saturated carbocycles. The molecule has 2 aliphatic heterocycles. The molecular weight excluding hydrogens is 313 g/mol. The van der Waals surface area contributed by atoms with Crippen molar-refractivity contribution in [3.8, 4) is 6.07 Å². The van der Waals surface area contributed by atoms with E-state index in [1.54, 1.807) is 18.2 Å². The summed E-state index contributed by atoms with van der Waals surface area (Å²) in [7, 11) is 0. The fourth-order valence-electron chi connectivity index (χ4n) is 3.30. The van der Waals surface area contributed by atoms with Crippen LogP contribution in [0.5, 0.6) is 0 Å². The second-order valence-corrected chi connectivity index (χ2v) is 6.35. The molecule has 23 heavy (non-hydrogen) atoms. The van der Waals surface area contributed by atoms with E-state index in [1.807, 2.05) is 6.08 Å². The fourth-order valence-corrected chi connectivity index (χ4v) is 3.55. The zero-order valence-corrected chi connectivity index (χ0v) is 13.6. The van der Waals surface area contributed by atoms with Gasteiger partial charge < -0.3 is 5.32 Å². The van der Waals surface area contributed by atoms with E-state index in [0.29, 0.717) is 10.7 Å². The Balaban J connectivity index is 2.04. The van der Waals surface area contributed by atoms with Crippen LogP contribution in [0.3, 0.4) is 0 Å². The Hall–Kier alpha value is -1.83. The molecule has 1 N–H and O–H groups in total. The van der Waals surface area contributed by atoms with E-state index < -0.39 is 5.66 Å². The lowest BCUT2D eigenvalue weighted by molar-refractivity contribution is 0.110. The van der Waals surface area contributed by atoms with Crippen LogP contribution in [0.1, 0.15) is 31.2 Å². The van der Waals surface area contributed by atoms with E-state index in [4.69, 9.17) is 16.9 Å². The highest BCUT2D eigenvalue weighted by Gasteiger charge is 2.39. The van der Waals surface area contributed by atoms with Crippen LogP contribution in [0.15, 0.2) is 47.1 Å². The number of nitriles is 1. The minimum atomic E-state index is -0.629. The first-order valence-corrected chi connectivity index (χ1v) is 8.32. The van der Waals surface area contributed by atoms with Crippen LogP contribution in [-0.2, 0) is 5.66 Å². The van der Waals surface area contributed by atoms with Gasteiger partial charge in [-0.05, 0) is 42.7 Å². The standard InChI is InChI=1S/C18H19ClFN3/c19-17-14(13-21)9-10-18(22-17,15-5-7-16(20)8-6-15)23-11-3-1-2-4-12-23/h5-10,22H,1-4,11-12H2. The molecule has 1 aromatic rings. The lowest BCUT2D eigenvalue weighted by atomic mass is 9.93. The minimum Gasteiger partial charge on any atom is -0.350 e. The van der Waals surface area contributed by atoms with Crippen LogP contribution in [0.25, 0.3) is 0 Å². The first-order valence-electron chi connectivity index (χ1n) is 7.94.